The van der Waals surface area contributed by atoms with Crippen LogP contribution < -0.4 is 10.6 Å². The first-order valence-corrected chi connectivity index (χ1v) is 9.81. The van der Waals surface area contributed by atoms with Gasteiger partial charge in [-0.05, 0) is 44.7 Å². The molecule has 0 amide bonds. The monoisotopic (exact) mass is 537 g/mol. The van der Waals surface area contributed by atoms with Crippen LogP contribution in [-0.4, -0.2) is 28.8 Å². The third kappa shape index (κ3) is 7.17. The molecule has 2 N–H and O–H groups in total. The van der Waals surface area contributed by atoms with E-state index in [2.05, 4.69) is 20.7 Å². The van der Waals surface area contributed by atoms with E-state index in [0.29, 0.717) is 31.0 Å². The Morgan fingerprint density at radius 1 is 1.23 bits per heavy atom. The molecule has 168 valence electrons. The van der Waals surface area contributed by atoms with Gasteiger partial charge in [0.1, 0.15) is 0 Å². The number of halogens is 4. The van der Waals surface area contributed by atoms with Gasteiger partial charge in [-0.1, -0.05) is 25.1 Å². The van der Waals surface area contributed by atoms with Crippen molar-refractivity contribution in [1.29, 1.82) is 0 Å². The molecule has 30 heavy (non-hydrogen) atoms. The van der Waals surface area contributed by atoms with Crippen molar-refractivity contribution in [2.24, 2.45) is 12.0 Å². The van der Waals surface area contributed by atoms with Gasteiger partial charge in [0, 0.05) is 31.4 Å². The summed E-state index contributed by atoms with van der Waals surface area (Å²) in [7, 11) is 1.91. The highest BCUT2D eigenvalue weighted by Crippen LogP contribution is 2.31. The second-order valence-electron chi connectivity index (χ2n) is 7.21. The summed E-state index contributed by atoms with van der Waals surface area (Å²) >= 11 is 0. The van der Waals surface area contributed by atoms with Crippen molar-refractivity contribution in [3.63, 3.8) is 0 Å². The van der Waals surface area contributed by atoms with Crippen LogP contribution in [0, 0.1) is 13.8 Å². The highest BCUT2D eigenvalue weighted by Gasteiger charge is 2.30. The van der Waals surface area contributed by atoms with Gasteiger partial charge in [0.25, 0.3) is 0 Å². The summed E-state index contributed by atoms with van der Waals surface area (Å²) in [5.74, 6) is 0.682. The van der Waals surface area contributed by atoms with Gasteiger partial charge in [0.2, 0.25) is 0 Å². The topological polar surface area (TPSA) is 54.2 Å². The van der Waals surface area contributed by atoms with Crippen molar-refractivity contribution in [3.8, 4) is 0 Å². The second-order valence-corrected chi connectivity index (χ2v) is 7.21. The molecular formula is C21H31F3IN5. The van der Waals surface area contributed by atoms with E-state index in [0.717, 1.165) is 29.6 Å². The molecule has 2 rings (SSSR count). The van der Waals surface area contributed by atoms with Gasteiger partial charge in [-0.25, -0.2) is 4.99 Å². The summed E-state index contributed by atoms with van der Waals surface area (Å²) in [6.07, 6.45) is -3.63. The van der Waals surface area contributed by atoms with Crippen LogP contribution in [0.3, 0.4) is 0 Å². The Labute approximate surface area is 193 Å². The van der Waals surface area contributed by atoms with E-state index >= 15 is 0 Å². The van der Waals surface area contributed by atoms with Gasteiger partial charge in [-0.15, -0.1) is 24.0 Å². The molecule has 9 heteroatoms. The minimum atomic E-state index is -4.32. The molecule has 0 spiro atoms. The summed E-state index contributed by atoms with van der Waals surface area (Å²) < 4.78 is 40.6. The van der Waals surface area contributed by atoms with Crippen molar-refractivity contribution in [1.82, 2.24) is 20.4 Å². The van der Waals surface area contributed by atoms with Gasteiger partial charge < -0.3 is 10.6 Å². The van der Waals surface area contributed by atoms with Gasteiger partial charge in [-0.3, -0.25) is 4.68 Å². The van der Waals surface area contributed by atoms with Crippen LogP contribution in [0.15, 0.2) is 29.3 Å². The second kappa shape index (κ2) is 11.6. The molecule has 0 radical (unpaired) electrons. The maximum atomic E-state index is 12.9. The Bertz CT molecular complexity index is 846. The van der Waals surface area contributed by atoms with Gasteiger partial charge in [-0.2, -0.15) is 18.3 Å². The molecule has 0 saturated heterocycles. The van der Waals surface area contributed by atoms with Crippen molar-refractivity contribution in [2.75, 3.05) is 13.1 Å². The first kappa shape index (κ1) is 26.3. The zero-order chi connectivity index (χ0) is 21.6. The summed E-state index contributed by atoms with van der Waals surface area (Å²) in [5.41, 5.74) is 3.22. The summed E-state index contributed by atoms with van der Waals surface area (Å²) in [6, 6.07) is 5.55. The van der Waals surface area contributed by atoms with Crippen molar-refractivity contribution in [3.05, 3.63) is 52.3 Å². The number of aryl methyl sites for hydroxylation is 2. The van der Waals surface area contributed by atoms with E-state index in [9.17, 15) is 13.2 Å². The molecule has 1 atom stereocenters. The standard InChI is InChI=1S/C21H30F3N5.HI/c1-6-25-20(27-13-19-15(3)28-29(5)16(19)4)26-11-10-14(2)17-8-7-9-18(12-17)21(22,23)24;/h7-9,12,14H,6,10-11,13H2,1-5H3,(H2,25,26,27);1H. The van der Waals surface area contributed by atoms with Gasteiger partial charge in [0.15, 0.2) is 5.96 Å². The molecular weight excluding hydrogens is 506 g/mol. The molecule has 0 aliphatic rings. The molecule has 0 aliphatic carbocycles. The predicted octanol–water partition coefficient (Wildman–Crippen LogP) is 4.92. The van der Waals surface area contributed by atoms with Crippen molar-refractivity contribution >= 4 is 29.9 Å². The zero-order valence-corrected chi connectivity index (χ0v) is 20.4. The number of nitrogens with one attached hydrogen (secondary N) is 2. The Hall–Kier alpha value is -1.78. The number of aliphatic imine (C=N–C) groups is 1. The van der Waals surface area contributed by atoms with Crippen LogP contribution in [0.1, 0.15) is 54.3 Å². The van der Waals surface area contributed by atoms with Crippen molar-refractivity contribution < 1.29 is 13.2 Å². The maximum Gasteiger partial charge on any atom is 0.416 e. The quantitative estimate of drug-likeness (QED) is 0.300. The van der Waals surface area contributed by atoms with E-state index in [-0.39, 0.29) is 29.9 Å². The number of hydrogen-bond acceptors (Lipinski definition) is 2. The largest absolute Gasteiger partial charge is 0.416 e. The number of benzene rings is 1. The molecule has 0 aliphatic heterocycles. The van der Waals surface area contributed by atoms with E-state index in [1.807, 2.05) is 39.4 Å². The Morgan fingerprint density at radius 3 is 2.50 bits per heavy atom. The van der Waals surface area contributed by atoms with E-state index < -0.39 is 11.7 Å². The zero-order valence-electron chi connectivity index (χ0n) is 18.1. The smallest absolute Gasteiger partial charge is 0.357 e. The Balaban J connectivity index is 0.00000450. The molecule has 0 bridgehead atoms. The highest BCUT2D eigenvalue weighted by molar-refractivity contribution is 14.0. The number of nitrogens with zero attached hydrogens (tertiary/aromatic N) is 3. The molecule has 2 aromatic rings. The number of alkyl halides is 3. The first-order valence-electron chi connectivity index (χ1n) is 9.81. The lowest BCUT2D eigenvalue weighted by Crippen LogP contribution is -2.38. The normalized spacial score (nSPS) is 13.0. The van der Waals surface area contributed by atoms with Crippen LogP contribution in [0.5, 0.6) is 0 Å². The highest BCUT2D eigenvalue weighted by atomic mass is 127. The van der Waals surface area contributed by atoms with Crippen LogP contribution in [-0.2, 0) is 19.8 Å². The average Bonchev–Trinajstić information content (AvgIpc) is 2.90. The average molecular weight is 537 g/mol. The molecule has 0 saturated carbocycles. The lowest BCUT2D eigenvalue weighted by atomic mass is 9.96. The molecule has 1 unspecified atom stereocenters. The number of guanidine groups is 1. The minimum Gasteiger partial charge on any atom is -0.357 e. The molecule has 1 aromatic carbocycles. The molecule has 1 aromatic heterocycles. The Morgan fingerprint density at radius 2 is 1.93 bits per heavy atom. The Kier molecular flexibility index (Phi) is 10.1. The molecule has 5 nitrogen and oxygen atoms in total. The first-order chi connectivity index (χ1) is 13.6. The van der Waals surface area contributed by atoms with Gasteiger partial charge in [0.05, 0.1) is 17.8 Å². The van der Waals surface area contributed by atoms with Crippen LogP contribution >= 0.6 is 24.0 Å². The molecule has 1 heterocycles. The lowest BCUT2D eigenvalue weighted by molar-refractivity contribution is -0.137. The number of hydrogen-bond donors (Lipinski definition) is 2. The van der Waals surface area contributed by atoms with Gasteiger partial charge >= 0.3 is 6.18 Å². The van der Waals surface area contributed by atoms with E-state index in [1.54, 1.807) is 6.07 Å². The fourth-order valence-electron chi connectivity index (χ4n) is 3.14. The molecule has 0 fully saturated rings. The SMILES string of the molecule is CCNC(=NCc1c(C)nn(C)c1C)NCCC(C)c1cccc(C(F)(F)F)c1.I. The van der Waals surface area contributed by atoms with E-state index in [1.165, 1.54) is 12.1 Å². The van der Waals surface area contributed by atoms with Crippen LogP contribution in [0.25, 0.3) is 0 Å². The summed E-state index contributed by atoms with van der Waals surface area (Å²) in [4.78, 5) is 4.63. The lowest BCUT2D eigenvalue weighted by Gasteiger charge is -2.16. The third-order valence-corrected chi connectivity index (χ3v) is 5.05. The minimum absolute atomic E-state index is 0. The fraction of sp³-hybridized carbons (Fsp3) is 0.524. The van der Waals surface area contributed by atoms with Crippen LogP contribution in [0.2, 0.25) is 0 Å². The van der Waals surface area contributed by atoms with E-state index in [4.69, 9.17) is 0 Å². The number of aromatic nitrogens is 2. The fourth-order valence-corrected chi connectivity index (χ4v) is 3.14. The van der Waals surface area contributed by atoms with Crippen molar-refractivity contribution in [2.45, 2.75) is 52.8 Å². The number of rotatable bonds is 7. The van der Waals surface area contributed by atoms with Crippen LogP contribution in [0.4, 0.5) is 13.2 Å². The summed E-state index contributed by atoms with van der Waals surface area (Å²) in [6.45, 7) is 9.75. The predicted molar refractivity (Wildman–Crippen MR) is 125 cm³/mol. The maximum absolute atomic E-state index is 12.9. The third-order valence-electron chi connectivity index (χ3n) is 5.05. The summed E-state index contributed by atoms with van der Waals surface area (Å²) in [5, 5.41) is 10.9.